The molecule has 4 heteroatoms. The van der Waals surface area contributed by atoms with Gasteiger partial charge in [0.15, 0.2) is 0 Å². The summed E-state index contributed by atoms with van der Waals surface area (Å²) in [6.45, 7) is 3.12. The Hall–Kier alpha value is -0.610. The minimum Gasteiger partial charge on any atom is -0.480 e. The molecule has 0 aromatic rings. The smallest absolute Gasteiger partial charge is 0.323 e. The number of carboxylic acid groups (broad SMARTS) is 1. The standard InChI is InChI=1S/C13H24N2O2/c1-3-15(2)11-5-4-8-13(9-11,12(16)17)14-10-6-7-10/h10-11,14H,3-9H2,1-2H3,(H,16,17). The summed E-state index contributed by atoms with van der Waals surface area (Å²) in [5, 5.41) is 12.9. The lowest BCUT2D eigenvalue weighted by atomic mass is 9.78. The van der Waals surface area contributed by atoms with Crippen LogP contribution in [0.4, 0.5) is 0 Å². The molecule has 98 valence electrons. The number of nitrogens with one attached hydrogen (secondary N) is 1. The molecule has 2 fully saturated rings. The van der Waals surface area contributed by atoms with Crippen LogP contribution >= 0.6 is 0 Å². The molecular weight excluding hydrogens is 216 g/mol. The summed E-state index contributed by atoms with van der Waals surface area (Å²) in [5.41, 5.74) is -0.659. The molecule has 2 unspecified atom stereocenters. The number of aliphatic carboxylic acids is 1. The first-order valence-electron chi connectivity index (χ1n) is 6.79. The van der Waals surface area contributed by atoms with Crippen molar-refractivity contribution in [2.24, 2.45) is 0 Å². The van der Waals surface area contributed by atoms with Crippen LogP contribution in [0.3, 0.4) is 0 Å². The molecule has 2 rings (SSSR count). The number of carboxylic acids is 1. The fraction of sp³-hybridized carbons (Fsp3) is 0.923. The summed E-state index contributed by atoms with van der Waals surface area (Å²) in [5.74, 6) is -0.654. The van der Waals surface area contributed by atoms with Crippen molar-refractivity contribution in [1.82, 2.24) is 10.2 Å². The molecule has 0 heterocycles. The van der Waals surface area contributed by atoms with Crippen LogP contribution < -0.4 is 5.32 Å². The highest BCUT2D eigenvalue weighted by Crippen LogP contribution is 2.34. The van der Waals surface area contributed by atoms with Gasteiger partial charge in [-0.2, -0.15) is 0 Å². The number of hydrogen-bond donors (Lipinski definition) is 2. The highest BCUT2D eigenvalue weighted by atomic mass is 16.4. The van der Waals surface area contributed by atoms with E-state index in [2.05, 4.69) is 24.2 Å². The van der Waals surface area contributed by atoms with Gasteiger partial charge in [0.05, 0.1) is 0 Å². The Morgan fingerprint density at radius 1 is 1.47 bits per heavy atom. The third-order valence-corrected chi connectivity index (χ3v) is 4.31. The van der Waals surface area contributed by atoms with E-state index in [1.54, 1.807) is 0 Å². The fourth-order valence-electron chi connectivity index (χ4n) is 2.89. The lowest BCUT2D eigenvalue weighted by Crippen LogP contribution is -2.58. The van der Waals surface area contributed by atoms with Crippen LogP contribution in [0.2, 0.25) is 0 Å². The van der Waals surface area contributed by atoms with Crippen molar-refractivity contribution in [1.29, 1.82) is 0 Å². The van der Waals surface area contributed by atoms with Crippen molar-refractivity contribution in [3.8, 4) is 0 Å². The van der Waals surface area contributed by atoms with Gasteiger partial charge in [-0.05, 0) is 52.1 Å². The van der Waals surface area contributed by atoms with E-state index in [1.807, 2.05) is 0 Å². The van der Waals surface area contributed by atoms with Gasteiger partial charge in [-0.3, -0.25) is 10.1 Å². The van der Waals surface area contributed by atoms with Crippen molar-refractivity contribution < 1.29 is 9.90 Å². The largest absolute Gasteiger partial charge is 0.480 e. The molecule has 2 aliphatic rings. The number of carbonyl (C=O) groups is 1. The van der Waals surface area contributed by atoms with Crippen LogP contribution in [0.15, 0.2) is 0 Å². The van der Waals surface area contributed by atoms with Gasteiger partial charge in [0.1, 0.15) is 5.54 Å². The van der Waals surface area contributed by atoms with Crippen LogP contribution in [0.25, 0.3) is 0 Å². The lowest BCUT2D eigenvalue weighted by Gasteiger charge is -2.41. The van der Waals surface area contributed by atoms with E-state index >= 15 is 0 Å². The van der Waals surface area contributed by atoms with Crippen LogP contribution in [-0.2, 0) is 4.79 Å². The Labute approximate surface area is 103 Å². The van der Waals surface area contributed by atoms with Crippen molar-refractivity contribution in [3.05, 3.63) is 0 Å². The Morgan fingerprint density at radius 3 is 2.71 bits per heavy atom. The quantitative estimate of drug-likeness (QED) is 0.764. The summed E-state index contributed by atoms with van der Waals surface area (Å²) in [6, 6.07) is 0.868. The van der Waals surface area contributed by atoms with Crippen LogP contribution in [0.5, 0.6) is 0 Å². The molecule has 2 atom stereocenters. The van der Waals surface area contributed by atoms with Crippen molar-refractivity contribution in [3.63, 3.8) is 0 Å². The maximum absolute atomic E-state index is 11.6. The van der Waals surface area contributed by atoms with Gasteiger partial charge in [-0.15, -0.1) is 0 Å². The van der Waals surface area contributed by atoms with Crippen LogP contribution in [0, 0.1) is 0 Å². The zero-order chi connectivity index (χ0) is 12.5. The Balaban J connectivity index is 2.06. The van der Waals surface area contributed by atoms with Crippen molar-refractivity contribution >= 4 is 5.97 Å². The molecule has 0 spiro atoms. The van der Waals surface area contributed by atoms with Gasteiger partial charge >= 0.3 is 5.97 Å². The van der Waals surface area contributed by atoms with Crippen molar-refractivity contribution in [2.75, 3.05) is 13.6 Å². The lowest BCUT2D eigenvalue weighted by molar-refractivity contribution is -0.147. The van der Waals surface area contributed by atoms with E-state index in [4.69, 9.17) is 0 Å². The summed E-state index contributed by atoms with van der Waals surface area (Å²) >= 11 is 0. The summed E-state index contributed by atoms with van der Waals surface area (Å²) in [6.07, 6.45) is 5.97. The molecule has 17 heavy (non-hydrogen) atoms. The molecule has 0 aromatic carbocycles. The van der Waals surface area contributed by atoms with Gasteiger partial charge in [-0.1, -0.05) is 6.92 Å². The summed E-state index contributed by atoms with van der Waals surface area (Å²) in [4.78, 5) is 13.9. The fourth-order valence-corrected chi connectivity index (χ4v) is 2.89. The molecule has 0 radical (unpaired) electrons. The SMILES string of the molecule is CCN(C)C1CCCC(NC2CC2)(C(=O)O)C1. The number of rotatable bonds is 5. The Kier molecular flexibility index (Phi) is 3.73. The first-order chi connectivity index (χ1) is 8.07. The van der Waals surface area contributed by atoms with E-state index in [1.165, 1.54) is 0 Å². The second kappa shape index (κ2) is 4.94. The van der Waals surface area contributed by atoms with E-state index in [0.29, 0.717) is 12.1 Å². The Bertz CT molecular complexity index is 291. The van der Waals surface area contributed by atoms with Gasteiger partial charge in [-0.25, -0.2) is 0 Å². The van der Waals surface area contributed by atoms with E-state index < -0.39 is 11.5 Å². The first kappa shape index (κ1) is 12.8. The highest BCUT2D eigenvalue weighted by Gasteiger charge is 2.46. The predicted octanol–water partition coefficient (Wildman–Crippen LogP) is 1.46. The third kappa shape index (κ3) is 2.80. The monoisotopic (exact) mass is 240 g/mol. The second-order valence-electron chi connectivity index (χ2n) is 5.63. The minimum atomic E-state index is -0.659. The van der Waals surface area contributed by atoms with E-state index in [-0.39, 0.29) is 0 Å². The molecule has 0 aliphatic heterocycles. The minimum absolute atomic E-state index is 0.413. The first-order valence-corrected chi connectivity index (χ1v) is 6.79. The zero-order valence-corrected chi connectivity index (χ0v) is 10.9. The molecule has 2 saturated carbocycles. The molecule has 4 nitrogen and oxygen atoms in total. The molecular formula is C13H24N2O2. The maximum Gasteiger partial charge on any atom is 0.323 e. The van der Waals surface area contributed by atoms with E-state index in [0.717, 1.165) is 45.1 Å². The summed E-state index contributed by atoms with van der Waals surface area (Å²) in [7, 11) is 2.10. The van der Waals surface area contributed by atoms with Crippen LogP contribution in [-0.4, -0.2) is 47.2 Å². The van der Waals surface area contributed by atoms with Crippen LogP contribution in [0.1, 0.15) is 45.4 Å². The molecule has 0 saturated heterocycles. The van der Waals surface area contributed by atoms with Gasteiger partial charge in [0, 0.05) is 12.1 Å². The number of hydrogen-bond acceptors (Lipinski definition) is 3. The highest BCUT2D eigenvalue weighted by molar-refractivity contribution is 5.79. The van der Waals surface area contributed by atoms with Gasteiger partial charge in [0.2, 0.25) is 0 Å². The summed E-state index contributed by atoms with van der Waals surface area (Å²) < 4.78 is 0. The molecule has 0 bridgehead atoms. The average molecular weight is 240 g/mol. The molecule has 0 aromatic heterocycles. The molecule has 2 aliphatic carbocycles. The molecule has 0 amide bonds. The van der Waals surface area contributed by atoms with Gasteiger partial charge in [0.25, 0.3) is 0 Å². The van der Waals surface area contributed by atoms with Crippen molar-refractivity contribution in [2.45, 2.75) is 63.1 Å². The average Bonchev–Trinajstić information content (AvgIpc) is 3.12. The number of nitrogens with zero attached hydrogens (tertiary/aromatic N) is 1. The van der Waals surface area contributed by atoms with E-state index in [9.17, 15) is 9.90 Å². The zero-order valence-electron chi connectivity index (χ0n) is 10.9. The van der Waals surface area contributed by atoms with Gasteiger partial charge < -0.3 is 10.0 Å². The Morgan fingerprint density at radius 2 is 2.18 bits per heavy atom. The molecule has 2 N–H and O–H groups in total. The third-order valence-electron chi connectivity index (χ3n) is 4.31. The predicted molar refractivity (Wildman–Crippen MR) is 67.1 cm³/mol. The normalized spacial score (nSPS) is 33.9. The second-order valence-corrected chi connectivity index (χ2v) is 5.63. The topological polar surface area (TPSA) is 52.6 Å². The maximum atomic E-state index is 11.6.